The van der Waals surface area contributed by atoms with Crippen molar-refractivity contribution in [3.63, 3.8) is 0 Å². The third kappa shape index (κ3) is 4.96. The van der Waals surface area contributed by atoms with E-state index < -0.39 is 0 Å². The van der Waals surface area contributed by atoms with E-state index in [0.29, 0.717) is 0 Å². The Kier molecular flexibility index (Phi) is 4.81. The number of carbonyl (C=O) groups excluding carboxylic acids is 1. The summed E-state index contributed by atoms with van der Waals surface area (Å²) in [4.78, 5) is 12.3. The smallest absolute Gasteiger partial charge is 0.252 e. The molecule has 0 bridgehead atoms. The van der Waals surface area contributed by atoms with E-state index in [9.17, 15) is 4.79 Å². The van der Waals surface area contributed by atoms with Crippen LogP contribution in [0.5, 0.6) is 0 Å². The lowest BCUT2D eigenvalue weighted by molar-refractivity contribution is 0.0890. The van der Waals surface area contributed by atoms with Crippen LogP contribution in [0.4, 0.5) is 0 Å². The van der Waals surface area contributed by atoms with Gasteiger partial charge in [-0.15, -0.1) is 0 Å². The van der Waals surface area contributed by atoms with E-state index in [2.05, 4.69) is 62.5 Å². The number of hydrogen-bond donors (Lipinski definition) is 1. The molecule has 1 rings (SSSR count). The molecule has 2 nitrogen and oxygen atoms in total. The number of hydrogen-bond acceptors (Lipinski definition) is 1. The third-order valence-electron chi connectivity index (χ3n) is 2.54. The molecule has 1 aromatic carbocycles. The summed E-state index contributed by atoms with van der Waals surface area (Å²) in [5, 5.41) is 3.13. The topological polar surface area (TPSA) is 29.1 Å². The summed E-state index contributed by atoms with van der Waals surface area (Å²) in [5.74, 6) is 0.00856. The van der Waals surface area contributed by atoms with Gasteiger partial charge in [0.25, 0.3) is 5.91 Å². The Bertz CT molecular complexity index is 432. The largest absolute Gasteiger partial charge is 0.347 e. The van der Waals surface area contributed by atoms with Gasteiger partial charge in [0.15, 0.2) is 0 Å². The van der Waals surface area contributed by atoms with Gasteiger partial charge in [-0.3, -0.25) is 4.79 Å². The van der Waals surface area contributed by atoms with Gasteiger partial charge in [-0.25, -0.2) is 0 Å². The van der Waals surface area contributed by atoms with Gasteiger partial charge in [-0.1, -0.05) is 32.9 Å². The fourth-order valence-electron chi connectivity index (χ4n) is 2.39. The van der Waals surface area contributed by atoms with Crippen molar-refractivity contribution in [1.29, 1.82) is 0 Å². The first-order valence-electron chi connectivity index (χ1n) is 6.18. The zero-order valence-electron chi connectivity index (χ0n) is 11.8. The van der Waals surface area contributed by atoms with Crippen molar-refractivity contribution in [2.45, 2.75) is 46.6 Å². The molecule has 0 spiro atoms. The van der Waals surface area contributed by atoms with Crippen molar-refractivity contribution in [3.8, 4) is 0 Å². The zero-order chi connectivity index (χ0) is 14.0. The van der Waals surface area contributed by atoms with Crippen LogP contribution in [-0.4, -0.2) is 11.4 Å². The molecule has 1 aromatic rings. The average molecular weight is 359 g/mol. The maximum absolute atomic E-state index is 12.3. The molecule has 0 aliphatic carbocycles. The number of nitrogens with one attached hydrogen (secondary N) is 1. The number of rotatable bonds is 3. The van der Waals surface area contributed by atoms with Crippen molar-refractivity contribution in [2.75, 3.05) is 0 Å². The second-order valence-electron chi connectivity index (χ2n) is 6.56. The molecule has 0 heterocycles. The van der Waals surface area contributed by atoms with Gasteiger partial charge in [0.05, 0.1) is 5.56 Å². The van der Waals surface area contributed by atoms with Crippen LogP contribution in [0.2, 0.25) is 0 Å². The molecule has 3 heteroatoms. The molecule has 0 unspecified atom stereocenters. The highest BCUT2D eigenvalue weighted by Gasteiger charge is 2.27. The minimum Gasteiger partial charge on any atom is -0.347 e. The van der Waals surface area contributed by atoms with Gasteiger partial charge < -0.3 is 5.32 Å². The van der Waals surface area contributed by atoms with E-state index >= 15 is 0 Å². The van der Waals surface area contributed by atoms with Gasteiger partial charge in [0.2, 0.25) is 0 Å². The second-order valence-corrected chi connectivity index (χ2v) is 7.72. The Balaban J connectivity index is 2.79. The van der Waals surface area contributed by atoms with E-state index in [0.717, 1.165) is 15.6 Å². The zero-order valence-corrected chi connectivity index (χ0v) is 14.0. The lowest BCUT2D eigenvalue weighted by Crippen LogP contribution is -2.46. The van der Waals surface area contributed by atoms with E-state index in [-0.39, 0.29) is 16.9 Å². The van der Waals surface area contributed by atoms with Crippen molar-refractivity contribution in [2.24, 2.45) is 5.41 Å². The van der Waals surface area contributed by atoms with Crippen LogP contribution in [0.25, 0.3) is 0 Å². The standard InChI is InChI=1S/C15H22INO/c1-14(2,3)10-15(4,5)17-13(18)11-8-6-7-9-12(11)16/h6-9H,10H2,1-5H3,(H,17,18). The number of carbonyl (C=O) groups is 1. The summed E-state index contributed by atoms with van der Waals surface area (Å²) >= 11 is 2.19. The average Bonchev–Trinajstić information content (AvgIpc) is 2.12. The molecule has 0 radical (unpaired) electrons. The van der Waals surface area contributed by atoms with E-state index in [1.54, 1.807) is 0 Å². The second kappa shape index (κ2) is 5.59. The molecule has 18 heavy (non-hydrogen) atoms. The summed E-state index contributed by atoms with van der Waals surface area (Å²) in [6.45, 7) is 10.7. The SMILES string of the molecule is CC(C)(C)CC(C)(C)NC(=O)c1ccccc1I. The summed E-state index contributed by atoms with van der Waals surface area (Å²) < 4.78 is 0.985. The number of halogens is 1. The predicted octanol–water partition coefficient (Wildman–Crippen LogP) is 4.24. The van der Waals surface area contributed by atoms with Gasteiger partial charge >= 0.3 is 0 Å². The van der Waals surface area contributed by atoms with Gasteiger partial charge in [-0.05, 0) is 60.4 Å². The predicted molar refractivity (Wildman–Crippen MR) is 84.8 cm³/mol. The maximum atomic E-state index is 12.3. The van der Waals surface area contributed by atoms with Crippen LogP contribution in [-0.2, 0) is 0 Å². The molecule has 0 saturated heterocycles. The van der Waals surface area contributed by atoms with E-state index in [1.165, 1.54) is 0 Å². The Morgan fingerprint density at radius 1 is 1.17 bits per heavy atom. The minimum atomic E-state index is -0.200. The molecule has 0 atom stereocenters. The Labute approximate surface area is 124 Å². The van der Waals surface area contributed by atoms with Crippen molar-refractivity contribution in [1.82, 2.24) is 5.32 Å². The van der Waals surface area contributed by atoms with Crippen LogP contribution in [0.1, 0.15) is 51.4 Å². The quantitative estimate of drug-likeness (QED) is 0.804. The Morgan fingerprint density at radius 3 is 2.22 bits per heavy atom. The summed E-state index contributed by atoms with van der Waals surface area (Å²) in [6.07, 6.45) is 0.940. The summed E-state index contributed by atoms with van der Waals surface area (Å²) in [5.41, 5.74) is 0.745. The molecular weight excluding hydrogens is 337 g/mol. The highest BCUT2D eigenvalue weighted by atomic mass is 127. The minimum absolute atomic E-state index is 0.00856. The summed E-state index contributed by atoms with van der Waals surface area (Å²) in [6, 6.07) is 7.66. The van der Waals surface area contributed by atoms with Crippen molar-refractivity contribution >= 4 is 28.5 Å². The maximum Gasteiger partial charge on any atom is 0.252 e. The molecule has 0 aliphatic rings. The third-order valence-corrected chi connectivity index (χ3v) is 3.48. The fraction of sp³-hybridized carbons (Fsp3) is 0.533. The molecule has 0 fully saturated rings. The molecule has 0 saturated carbocycles. The molecule has 1 N–H and O–H groups in total. The number of amides is 1. The highest BCUT2D eigenvalue weighted by Crippen LogP contribution is 2.27. The van der Waals surface area contributed by atoms with Gasteiger partial charge in [0, 0.05) is 9.11 Å². The lowest BCUT2D eigenvalue weighted by Gasteiger charge is -2.33. The molecule has 0 aliphatic heterocycles. The molecular formula is C15H22INO. The molecule has 1 amide bonds. The normalized spacial score (nSPS) is 12.3. The first-order chi connectivity index (χ1) is 8.11. The van der Waals surface area contributed by atoms with Crippen LogP contribution >= 0.6 is 22.6 Å². The Morgan fingerprint density at radius 2 is 1.72 bits per heavy atom. The van der Waals surface area contributed by atoms with Crippen molar-refractivity contribution in [3.05, 3.63) is 33.4 Å². The van der Waals surface area contributed by atoms with Crippen LogP contribution in [0.3, 0.4) is 0 Å². The fourth-order valence-corrected chi connectivity index (χ4v) is 3.02. The van der Waals surface area contributed by atoms with E-state index in [1.807, 2.05) is 24.3 Å². The first-order valence-corrected chi connectivity index (χ1v) is 7.26. The van der Waals surface area contributed by atoms with Gasteiger partial charge in [-0.2, -0.15) is 0 Å². The highest BCUT2D eigenvalue weighted by molar-refractivity contribution is 14.1. The summed E-state index contributed by atoms with van der Waals surface area (Å²) in [7, 11) is 0. The first kappa shape index (κ1) is 15.5. The Hall–Kier alpha value is -0.580. The van der Waals surface area contributed by atoms with Crippen LogP contribution < -0.4 is 5.32 Å². The van der Waals surface area contributed by atoms with Crippen molar-refractivity contribution < 1.29 is 4.79 Å². The molecule has 0 aromatic heterocycles. The monoisotopic (exact) mass is 359 g/mol. The van der Waals surface area contributed by atoms with E-state index in [4.69, 9.17) is 0 Å². The lowest BCUT2D eigenvalue weighted by atomic mass is 9.81. The van der Waals surface area contributed by atoms with Crippen LogP contribution in [0, 0.1) is 8.99 Å². The molecule has 100 valence electrons. The van der Waals surface area contributed by atoms with Crippen LogP contribution in [0.15, 0.2) is 24.3 Å². The van der Waals surface area contributed by atoms with Gasteiger partial charge in [0.1, 0.15) is 0 Å². The number of benzene rings is 1.